The van der Waals surface area contributed by atoms with Crippen LogP contribution in [0.3, 0.4) is 0 Å². The van der Waals surface area contributed by atoms with Gasteiger partial charge in [0.1, 0.15) is 11.5 Å². The van der Waals surface area contributed by atoms with E-state index in [0.717, 1.165) is 17.0 Å². The highest BCUT2D eigenvalue weighted by molar-refractivity contribution is 5.93. The van der Waals surface area contributed by atoms with Crippen LogP contribution in [0.1, 0.15) is 33.3 Å². The highest BCUT2D eigenvalue weighted by Crippen LogP contribution is 2.22. The molecule has 0 bridgehead atoms. The lowest BCUT2D eigenvalue weighted by Gasteiger charge is -2.25. The van der Waals surface area contributed by atoms with Gasteiger partial charge in [0.05, 0.1) is 12.1 Å². The smallest absolute Gasteiger partial charge is 0.255 e. The van der Waals surface area contributed by atoms with Gasteiger partial charge in [-0.25, -0.2) is 4.98 Å². The first kappa shape index (κ1) is 15.4. The van der Waals surface area contributed by atoms with E-state index in [4.69, 9.17) is 4.42 Å². The van der Waals surface area contributed by atoms with Crippen molar-refractivity contribution in [1.82, 2.24) is 14.9 Å². The number of carbonyl (C=O) groups excluding carboxylic acids is 1. The molecule has 1 N–H and O–H groups in total. The second kappa shape index (κ2) is 6.39. The van der Waals surface area contributed by atoms with Crippen LogP contribution < -0.4 is 5.56 Å². The minimum absolute atomic E-state index is 0.116. The standard InChI is InChI=1S/C19H17N3O3/c23-17-7-6-14(11-20-17)19(24)22-9-8-16-15(12-22)21-18(25-16)10-13-4-2-1-3-5-13/h1-7,11H,8-10,12H2,(H,20,23). The molecule has 2 aromatic heterocycles. The van der Waals surface area contributed by atoms with E-state index >= 15 is 0 Å². The van der Waals surface area contributed by atoms with Crippen LogP contribution in [0.2, 0.25) is 0 Å². The summed E-state index contributed by atoms with van der Waals surface area (Å²) in [6, 6.07) is 12.9. The van der Waals surface area contributed by atoms with E-state index in [0.29, 0.717) is 37.4 Å². The maximum Gasteiger partial charge on any atom is 0.255 e. The molecule has 1 amide bonds. The summed E-state index contributed by atoms with van der Waals surface area (Å²) in [7, 11) is 0. The minimum atomic E-state index is -0.223. The number of hydrogen-bond donors (Lipinski definition) is 1. The van der Waals surface area contributed by atoms with Gasteiger partial charge in [-0.1, -0.05) is 30.3 Å². The van der Waals surface area contributed by atoms with Crippen molar-refractivity contribution < 1.29 is 9.21 Å². The highest BCUT2D eigenvalue weighted by Gasteiger charge is 2.26. The number of pyridine rings is 1. The Morgan fingerprint density at radius 3 is 2.80 bits per heavy atom. The van der Waals surface area contributed by atoms with Gasteiger partial charge in [0.25, 0.3) is 5.91 Å². The van der Waals surface area contributed by atoms with Crippen LogP contribution in [0.25, 0.3) is 0 Å². The van der Waals surface area contributed by atoms with Crippen molar-refractivity contribution >= 4 is 5.91 Å². The van der Waals surface area contributed by atoms with E-state index in [1.54, 1.807) is 11.0 Å². The summed E-state index contributed by atoms with van der Waals surface area (Å²) in [5.74, 6) is 1.42. The molecule has 0 saturated heterocycles. The largest absolute Gasteiger partial charge is 0.445 e. The third kappa shape index (κ3) is 3.24. The van der Waals surface area contributed by atoms with Crippen molar-refractivity contribution in [3.63, 3.8) is 0 Å². The van der Waals surface area contributed by atoms with Crippen LogP contribution >= 0.6 is 0 Å². The second-order valence-electron chi connectivity index (χ2n) is 6.06. The SMILES string of the molecule is O=C(c1ccc(=O)[nH]c1)N1CCc2oc(Cc3ccccc3)nc2C1. The van der Waals surface area contributed by atoms with E-state index < -0.39 is 0 Å². The third-order valence-electron chi connectivity index (χ3n) is 4.29. The number of amides is 1. The maximum absolute atomic E-state index is 12.6. The van der Waals surface area contributed by atoms with Crippen LogP contribution in [-0.4, -0.2) is 27.3 Å². The number of aromatic amines is 1. The number of hydrogen-bond acceptors (Lipinski definition) is 4. The molecule has 6 heteroatoms. The predicted molar refractivity (Wildman–Crippen MR) is 91.3 cm³/mol. The van der Waals surface area contributed by atoms with E-state index in [1.807, 2.05) is 30.3 Å². The first-order valence-corrected chi connectivity index (χ1v) is 8.18. The van der Waals surface area contributed by atoms with Gasteiger partial charge >= 0.3 is 0 Å². The van der Waals surface area contributed by atoms with Crippen molar-refractivity contribution in [3.8, 4) is 0 Å². The van der Waals surface area contributed by atoms with Crippen LogP contribution in [0.4, 0.5) is 0 Å². The van der Waals surface area contributed by atoms with Crippen molar-refractivity contribution in [1.29, 1.82) is 0 Å². The molecule has 4 rings (SSSR count). The van der Waals surface area contributed by atoms with Crippen molar-refractivity contribution in [2.45, 2.75) is 19.4 Å². The summed E-state index contributed by atoms with van der Waals surface area (Å²) in [6.07, 6.45) is 2.73. The quantitative estimate of drug-likeness (QED) is 0.795. The second-order valence-corrected chi connectivity index (χ2v) is 6.06. The Labute approximate surface area is 144 Å². The Morgan fingerprint density at radius 1 is 1.20 bits per heavy atom. The third-order valence-corrected chi connectivity index (χ3v) is 4.29. The van der Waals surface area contributed by atoms with Gasteiger partial charge < -0.3 is 14.3 Å². The summed E-state index contributed by atoms with van der Waals surface area (Å²) in [5, 5.41) is 0. The van der Waals surface area contributed by atoms with Crippen molar-refractivity contribution in [3.05, 3.63) is 87.5 Å². The van der Waals surface area contributed by atoms with Gasteiger partial charge in [-0.05, 0) is 11.6 Å². The predicted octanol–water partition coefficient (Wildman–Crippen LogP) is 2.15. The van der Waals surface area contributed by atoms with Gasteiger partial charge in [-0.3, -0.25) is 9.59 Å². The molecule has 0 saturated carbocycles. The molecule has 1 aromatic carbocycles. The summed E-state index contributed by atoms with van der Waals surface area (Å²) in [4.78, 5) is 32.5. The van der Waals surface area contributed by atoms with Gasteiger partial charge in [0.2, 0.25) is 5.56 Å². The van der Waals surface area contributed by atoms with Crippen LogP contribution in [0.15, 0.2) is 57.9 Å². The minimum Gasteiger partial charge on any atom is -0.445 e. The lowest BCUT2D eigenvalue weighted by molar-refractivity contribution is 0.0727. The average Bonchev–Trinajstić information content (AvgIpc) is 3.04. The molecule has 6 nitrogen and oxygen atoms in total. The fraction of sp³-hybridized carbons (Fsp3) is 0.211. The van der Waals surface area contributed by atoms with Crippen LogP contribution in [0, 0.1) is 0 Å². The molecule has 25 heavy (non-hydrogen) atoms. The van der Waals surface area contributed by atoms with Crippen molar-refractivity contribution in [2.24, 2.45) is 0 Å². The lowest BCUT2D eigenvalue weighted by atomic mass is 10.1. The molecular formula is C19H17N3O3. The number of nitrogens with one attached hydrogen (secondary N) is 1. The summed E-state index contributed by atoms with van der Waals surface area (Å²) < 4.78 is 5.86. The number of fused-ring (bicyclic) bond motifs is 1. The Balaban J connectivity index is 1.50. The number of oxazole rings is 1. The molecular weight excluding hydrogens is 318 g/mol. The van der Waals surface area contributed by atoms with Gasteiger partial charge in [-0.15, -0.1) is 0 Å². The fourth-order valence-electron chi connectivity index (χ4n) is 3.00. The molecule has 0 atom stereocenters. The van der Waals surface area contributed by atoms with E-state index in [9.17, 15) is 9.59 Å². The number of aromatic nitrogens is 2. The lowest BCUT2D eigenvalue weighted by Crippen LogP contribution is -2.36. The Kier molecular flexibility index (Phi) is 3.93. The zero-order valence-electron chi connectivity index (χ0n) is 13.6. The molecule has 126 valence electrons. The molecule has 3 heterocycles. The van der Waals surface area contributed by atoms with Gasteiger partial charge in [-0.2, -0.15) is 0 Å². The molecule has 0 aliphatic carbocycles. The Bertz CT molecular complexity index is 939. The fourth-order valence-corrected chi connectivity index (χ4v) is 3.00. The molecule has 1 aliphatic rings. The first-order chi connectivity index (χ1) is 12.2. The molecule has 0 spiro atoms. The number of rotatable bonds is 3. The number of benzene rings is 1. The normalized spacial score (nSPS) is 13.5. The first-order valence-electron chi connectivity index (χ1n) is 8.18. The molecule has 0 fully saturated rings. The monoisotopic (exact) mass is 335 g/mol. The molecule has 3 aromatic rings. The van der Waals surface area contributed by atoms with Gasteiger partial charge in [0.15, 0.2) is 5.89 Å². The average molecular weight is 335 g/mol. The highest BCUT2D eigenvalue weighted by atomic mass is 16.4. The maximum atomic E-state index is 12.6. The van der Waals surface area contributed by atoms with Gasteiger partial charge in [0, 0.05) is 31.6 Å². The van der Waals surface area contributed by atoms with E-state index in [1.165, 1.54) is 12.3 Å². The zero-order valence-corrected chi connectivity index (χ0v) is 13.6. The van der Waals surface area contributed by atoms with Crippen LogP contribution in [0.5, 0.6) is 0 Å². The Hall–Kier alpha value is -3.15. The topological polar surface area (TPSA) is 79.2 Å². The van der Waals surface area contributed by atoms with Crippen LogP contribution in [-0.2, 0) is 19.4 Å². The van der Waals surface area contributed by atoms with E-state index in [-0.39, 0.29) is 11.5 Å². The number of H-pyrrole nitrogens is 1. The molecule has 1 aliphatic heterocycles. The van der Waals surface area contributed by atoms with Crippen molar-refractivity contribution in [2.75, 3.05) is 6.54 Å². The number of carbonyl (C=O) groups is 1. The summed E-state index contributed by atoms with van der Waals surface area (Å²) >= 11 is 0. The van der Waals surface area contributed by atoms with E-state index in [2.05, 4.69) is 9.97 Å². The Morgan fingerprint density at radius 2 is 2.04 bits per heavy atom. The zero-order chi connectivity index (χ0) is 17.2. The molecule has 0 radical (unpaired) electrons. The molecule has 0 unspecified atom stereocenters. The number of nitrogens with zero attached hydrogens (tertiary/aromatic N) is 2. The summed E-state index contributed by atoms with van der Waals surface area (Å²) in [6.45, 7) is 0.997. The summed E-state index contributed by atoms with van der Waals surface area (Å²) in [5.41, 5.74) is 2.20.